The number of phenols is 2. The highest BCUT2D eigenvalue weighted by atomic mass is 16.4. The molecule has 110 heavy (non-hydrogen) atoms. The van der Waals surface area contributed by atoms with Crippen LogP contribution in [0.3, 0.4) is 0 Å². The molecule has 2 aromatic rings. The summed E-state index contributed by atoms with van der Waals surface area (Å²) in [5, 5.41) is 78.2. The molecule has 2 fully saturated rings. The second kappa shape index (κ2) is 45.0. The van der Waals surface area contributed by atoms with Crippen molar-refractivity contribution in [3.63, 3.8) is 0 Å². The number of nitrogens with two attached hydrogens (primary N) is 3. The average Bonchev–Trinajstić information content (AvgIpc) is 1.63. The lowest BCUT2D eigenvalue weighted by Crippen LogP contribution is -2.60. The van der Waals surface area contributed by atoms with Crippen molar-refractivity contribution in [2.24, 2.45) is 17.2 Å². The molecular weight excluding hydrogens is 1440 g/mol. The third kappa shape index (κ3) is 29.8. The van der Waals surface area contributed by atoms with E-state index < -0.39 is 210 Å². The molecular formula is C71H107N17O22. The summed E-state index contributed by atoms with van der Waals surface area (Å²) in [5.74, 6) is -16.3. The van der Waals surface area contributed by atoms with Gasteiger partial charge in [-0.15, -0.1) is 0 Å². The number of carboxylic acid groups (broad SMARTS) is 3. The summed E-state index contributed by atoms with van der Waals surface area (Å²) in [6.45, 7) is 9.65. The summed E-state index contributed by atoms with van der Waals surface area (Å²) in [6.07, 6.45) is -0.265. The number of phenolic OH excluding ortho intramolecular Hbond substituents is 2. The van der Waals surface area contributed by atoms with Crippen molar-refractivity contribution in [2.75, 3.05) is 26.2 Å². The summed E-state index contributed by atoms with van der Waals surface area (Å²) in [7, 11) is 0. The lowest BCUT2D eigenvalue weighted by Gasteiger charge is -2.30. The molecule has 608 valence electrons. The molecule has 0 aliphatic carbocycles. The maximum absolute atomic E-state index is 14.6. The van der Waals surface area contributed by atoms with Crippen LogP contribution >= 0.6 is 0 Å². The summed E-state index contributed by atoms with van der Waals surface area (Å²) < 4.78 is 0. The largest absolute Gasteiger partial charge is 0.508 e. The van der Waals surface area contributed by atoms with Gasteiger partial charge in [0.15, 0.2) is 0 Å². The maximum atomic E-state index is 14.6. The van der Waals surface area contributed by atoms with Crippen molar-refractivity contribution in [1.82, 2.24) is 73.6 Å². The zero-order valence-electron chi connectivity index (χ0n) is 62.7. The Morgan fingerprint density at radius 1 is 0.373 bits per heavy atom. The van der Waals surface area contributed by atoms with Crippen LogP contribution in [0.5, 0.6) is 11.5 Å². The van der Waals surface area contributed by atoms with Crippen molar-refractivity contribution < 1.29 is 107 Å². The lowest BCUT2D eigenvalue weighted by molar-refractivity contribution is -0.144. The van der Waals surface area contributed by atoms with E-state index in [-0.39, 0.29) is 95.5 Å². The molecule has 14 amide bonds. The van der Waals surface area contributed by atoms with Crippen LogP contribution in [0.1, 0.15) is 149 Å². The highest BCUT2D eigenvalue weighted by molar-refractivity contribution is 6.00. The molecule has 4 rings (SSSR count). The molecule has 0 aromatic heterocycles. The quantitative estimate of drug-likeness (QED) is 0.0277. The number of hydrogen-bond acceptors (Lipinski definition) is 22. The van der Waals surface area contributed by atoms with Crippen LogP contribution in [-0.4, -0.2) is 253 Å². The molecule has 2 aliphatic rings. The Hall–Kier alpha value is -11.1. The van der Waals surface area contributed by atoms with Crippen molar-refractivity contribution in [3.05, 3.63) is 59.7 Å². The van der Waals surface area contributed by atoms with Crippen molar-refractivity contribution in [3.8, 4) is 11.5 Å². The number of nitrogens with one attached hydrogen (secondary N) is 12. The van der Waals surface area contributed by atoms with E-state index in [1.54, 1.807) is 0 Å². The number of benzene rings is 2. The van der Waals surface area contributed by atoms with Crippen molar-refractivity contribution >= 4 is 101 Å². The smallest absolute Gasteiger partial charge is 0.325 e. The molecule has 39 heteroatoms. The standard InChI is InChI=1S/C71H107N17O22/c1-36(57(95)76-37(2)59(97)79-40(5)69(107)87-32-12-16-53(87)67(105)81-42(7)71(109)110)75-58(96)38(3)77-62(100)48(14-8-10-30-72)82-65(103)51(34-43-18-22-45(89)23-19-43)85-60(98)39(4)78-63(101)50(27-29-56(93)94)83-66(104)52(35-44-20-24-46(90)25-21-44)86-64(102)49(15-9-11-31-73)84-68(106)54-17-13-33-88(54)70(108)41(6)80-61(99)47(74)26-28-55(91)92/h18-25,36-42,47-54,89-90H,8-17,26-35,72-74H2,1-7H3,(H,75,96)(H,76,95)(H,77,100)(H,78,101)(H,79,97)(H,80,99)(H,81,105)(H,82,103)(H,83,104)(H,84,106)(H,85,98)(H,86,102)(H,91,92)(H,93,94)(H,109,110)/t36-,37-,38-,39-,40-,41-,42-,47-,48-,49-,50-,51-,52-,53-,54-/m0/s1. The summed E-state index contributed by atoms with van der Waals surface area (Å²) in [6, 6.07) is -9.42. The van der Waals surface area contributed by atoms with E-state index in [4.69, 9.17) is 22.3 Å². The van der Waals surface area contributed by atoms with Gasteiger partial charge < -0.3 is 116 Å². The lowest BCUT2D eigenvalue weighted by atomic mass is 10.0. The Labute approximate surface area is 635 Å². The van der Waals surface area contributed by atoms with Crippen molar-refractivity contribution in [2.45, 2.75) is 242 Å². The van der Waals surface area contributed by atoms with Gasteiger partial charge in [0.1, 0.15) is 96.1 Å². The first-order valence-corrected chi connectivity index (χ1v) is 36.5. The van der Waals surface area contributed by atoms with Gasteiger partial charge in [0.05, 0.1) is 6.04 Å². The first-order chi connectivity index (χ1) is 51.8. The van der Waals surface area contributed by atoms with Gasteiger partial charge in [0, 0.05) is 38.8 Å². The van der Waals surface area contributed by atoms with E-state index in [1.165, 1.54) is 107 Å². The number of hydrogen-bond donors (Lipinski definition) is 20. The summed E-state index contributed by atoms with van der Waals surface area (Å²) >= 11 is 0. The van der Waals surface area contributed by atoms with Crippen LogP contribution in [0.2, 0.25) is 0 Å². The number of nitrogens with zero attached hydrogens (tertiary/aromatic N) is 2. The van der Waals surface area contributed by atoms with Crippen LogP contribution in [-0.2, 0) is 94.3 Å². The fourth-order valence-electron chi connectivity index (χ4n) is 11.8. The number of unbranched alkanes of at least 4 members (excludes halogenated alkanes) is 2. The van der Waals surface area contributed by atoms with Crippen LogP contribution in [0.15, 0.2) is 48.5 Å². The fourth-order valence-corrected chi connectivity index (χ4v) is 11.8. The van der Waals surface area contributed by atoms with Gasteiger partial charge in [-0.25, -0.2) is 0 Å². The van der Waals surface area contributed by atoms with Crippen LogP contribution in [0, 0.1) is 0 Å². The molecule has 0 unspecified atom stereocenters. The van der Waals surface area contributed by atoms with Crippen LogP contribution in [0.4, 0.5) is 0 Å². The Morgan fingerprint density at radius 2 is 0.682 bits per heavy atom. The molecule has 39 nitrogen and oxygen atoms in total. The minimum absolute atomic E-state index is 0.0454. The number of carbonyl (C=O) groups excluding carboxylic acids is 14. The normalized spacial score (nSPS) is 17.4. The zero-order valence-corrected chi connectivity index (χ0v) is 62.7. The van der Waals surface area contributed by atoms with E-state index in [2.05, 4.69) is 63.8 Å². The number of aromatic hydroxyl groups is 2. The molecule has 2 aliphatic heterocycles. The third-order valence-electron chi connectivity index (χ3n) is 18.3. The number of likely N-dealkylation sites (tertiary alicyclic amines) is 2. The van der Waals surface area contributed by atoms with Gasteiger partial charge in [-0.3, -0.25) is 81.5 Å². The van der Waals surface area contributed by atoms with E-state index in [0.29, 0.717) is 36.8 Å². The molecule has 2 aromatic carbocycles. The van der Waals surface area contributed by atoms with Gasteiger partial charge in [-0.2, -0.15) is 0 Å². The number of carbonyl (C=O) groups is 17. The minimum Gasteiger partial charge on any atom is -0.508 e. The zero-order chi connectivity index (χ0) is 82.2. The van der Waals surface area contributed by atoms with E-state index in [1.807, 2.05) is 0 Å². The van der Waals surface area contributed by atoms with Gasteiger partial charge in [-0.1, -0.05) is 24.3 Å². The molecule has 0 spiro atoms. The Bertz CT molecular complexity index is 3590. The van der Waals surface area contributed by atoms with Gasteiger partial charge in [0.2, 0.25) is 82.7 Å². The first-order valence-electron chi connectivity index (χ1n) is 36.5. The van der Waals surface area contributed by atoms with E-state index in [0.717, 1.165) is 0 Å². The topological polar surface area (TPSA) is 620 Å². The fraction of sp³-hybridized carbons (Fsp3) is 0.592. The summed E-state index contributed by atoms with van der Waals surface area (Å²) in [4.78, 5) is 230. The van der Waals surface area contributed by atoms with Crippen LogP contribution in [0.25, 0.3) is 0 Å². The van der Waals surface area contributed by atoms with Crippen LogP contribution < -0.4 is 81.0 Å². The minimum atomic E-state index is -1.75. The molecule has 0 saturated carbocycles. The molecule has 23 N–H and O–H groups in total. The second-order valence-electron chi connectivity index (χ2n) is 27.4. The Kier molecular flexibility index (Phi) is 37.4. The molecule has 0 radical (unpaired) electrons. The molecule has 2 saturated heterocycles. The highest BCUT2D eigenvalue weighted by Crippen LogP contribution is 2.22. The number of amides is 14. The summed E-state index contributed by atoms with van der Waals surface area (Å²) in [5.41, 5.74) is 18.1. The molecule has 0 bridgehead atoms. The predicted molar refractivity (Wildman–Crippen MR) is 391 cm³/mol. The van der Waals surface area contributed by atoms with Gasteiger partial charge in [-0.05, 0) is 174 Å². The van der Waals surface area contributed by atoms with E-state index >= 15 is 0 Å². The number of aliphatic carboxylic acids is 3. The predicted octanol–water partition coefficient (Wildman–Crippen LogP) is -4.78. The third-order valence-corrected chi connectivity index (χ3v) is 18.3. The van der Waals surface area contributed by atoms with Gasteiger partial charge >= 0.3 is 17.9 Å². The Balaban J connectivity index is 1.49. The van der Waals surface area contributed by atoms with Gasteiger partial charge in [0.25, 0.3) is 0 Å². The Morgan fingerprint density at radius 3 is 1.07 bits per heavy atom. The number of carboxylic acids is 3. The first kappa shape index (κ1) is 91.3. The van der Waals surface area contributed by atoms with Crippen molar-refractivity contribution in [1.29, 1.82) is 0 Å². The maximum Gasteiger partial charge on any atom is 0.325 e. The number of rotatable bonds is 45. The molecule has 2 heterocycles. The monoisotopic (exact) mass is 1550 g/mol. The highest BCUT2D eigenvalue weighted by Gasteiger charge is 2.41. The van der Waals surface area contributed by atoms with E-state index in [9.17, 15) is 102 Å². The average molecular weight is 1550 g/mol. The molecule has 15 atom stereocenters. The second-order valence-corrected chi connectivity index (χ2v) is 27.4. The SMILES string of the molecule is C[C@H](NC(=O)[C@@H]1CCCN1C(=O)[C@H](C)NC(=O)[C@H](C)NC(=O)[C@H](C)NC(=O)[C@H](C)NC(=O)[C@H](CCCCN)NC(=O)[C@H](Cc1ccc(O)cc1)NC(=O)[C@H](C)NC(=O)[C@H](CCC(=O)O)NC(=O)[C@H](Cc1ccc(O)cc1)NC(=O)[C@H](CCCCN)NC(=O)[C@@H]1CCCN1C(=O)[C@H](C)NC(=O)[C@@H](N)CCC(=O)O)C(=O)O.